The van der Waals surface area contributed by atoms with E-state index in [4.69, 9.17) is 0 Å². The third kappa shape index (κ3) is 2.83. The van der Waals surface area contributed by atoms with E-state index in [1.807, 2.05) is 13.0 Å². The van der Waals surface area contributed by atoms with Crippen LogP contribution in [0.15, 0.2) is 40.7 Å². The third-order valence-corrected chi connectivity index (χ3v) is 5.23. The SMILES string of the molecule is CCc1ccc(S(=O)(=O)Nc2ccccn2)s1. The summed E-state index contributed by atoms with van der Waals surface area (Å²) in [5.41, 5.74) is 0. The van der Waals surface area contributed by atoms with E-state index in [2.05, 4.69) is 9.71 Å². The number of nitrogens with one attached hydrogen (secondary N) is 1. The van der Waals surface area contributed by atoms with Gasteiger partial charge in [0.1, 0.15) is 10.0 Å². The fourth-order valence-corrected chi connectivity index (χ4v) is 3.61. The van der Waals surface area contributed by atoms with E-state index in [0.717, 1.165) is 11.3 Å². The van der Waals surface area contributed by atoms with Crippen molar-refractivity contribution in [2.75, 3.05) is 4.72 Å². The topological polar surface area (TPSA) is 59.1 Å². The number of thiophene rings is 1. The van der Waals surface area contributed by atoms with Crippen molar-refractivity contribution in [3.05, 3.63) is 41.4 Å². The molecule has 90 valence electrons. The molecule has 0 aromatic carbocycles. The average molecular weight is 268 g/mol. The van der Waals surface area contributed by atoms with Gasteiger partial charge >= 0.3 is 0 Å². The number of hydrogen-bond acceptors (Lipinski definition) is 4. The lowest BCUT2D eigenvalue weighted by molar-refractivity contribution is 0.603. The molecule has 0 radical (unpaired) electrons. The van der Waals surface area contributed by atoms with Gasteiger partial charge in [-0.1, -0.05) is 13.0 Å². The first-order valence-electron chi connectivity index (χ1n) is 5.14. The summed E-state index contributed by atoms with van der Waals surface area (Å²) in [4.78, 5) is 4.98. The second-order valence-corrected chi connectivity index (χ2v) is 6.47. The van der Waals surface area contributed by atoms with Crippen molar-refractivity contribution in [2.45, 2.75) is 17.6 Å². The maximum Gasteiger partial charge on any atom is 0.272 e. The van der Waals surface area contributed by atoms with E-state index in [9.17, 15) is 8.42 Å². The summed E-state index contributed by atoms with van der Waals surface area (Å²) in [6, 6.07) is 8.53. The Labute approximate surface area is 104 Å². The lowest BCUT2D eigenvalue weighted by atomic mass is 10.4. The summed E-state index contributed by atoms with van der Waals surface area (Å²) >= 11 is 1.28. The molecule has 0 saturated carbocycles. The summed E-state index contributed by atoms with van der Waals surface area (Å²) in [6.45, 7) is 1.99. The predicted molar refractivity (Wildman–Crippen MR) is 68.7 cm³/mol. The lowest BCUT2D eigenvalue weighted by Gasteiger charge is -2.04. The Bertz CT molecular complexity index is 591. The van der Waals surface area contributed by atoms with Crippen LogP contribution in [0.2, 0.25) is 0 Å². The van der Waals surface area contributed by atoms with Gasteiger partial charge in [-0.05, 0) is 30.7 Å². The van der Waals surface area contributed by atoms with Crippen LogP contribution in [0.4, 0.5) is 5.82 Å². The second kappa shape index (κ2) is 4.85. The Morgan fingerprint density at radius 3 is 2.71 bits per heavy atom. The molecule has 2 aromatic heterocycles. The number of rotatable bonds is 4. The van der Waals surface area contributed by atoms with Crippen molar-refractivity contribution < 1.29 is 8.42 Å². The number of pyridine rings is 1. The van der Waals surface area contributed by atoms with Crippen molar-refractivity contribution in [3.63, 3.8) is 0 Å². The molecule has 1 N–H and O–H groups in total. The molecular weight excluding hydrogens is 256 g/mol. The van der Waals surface area contributed by atoms with Crippen molar-refractivity contribution in [3.8, 4) is 0 Å². The van der Waals surface area contributed by atoms with E-state index in [1.54, 1.807) is 30.5 Å². The van der Waals surface area contributed by atoms with Crippen molar-refractivity contribution in [1.82, 2.24) is 4.98 Å². The summed E-state index contributed by atoms with van der Waals surface area (Å²) in [7, 11) is -3.50. The Kier molecular flexibility index (Phi) is 3.44. The van der Waals surface area contributed by atoms with Crippen LogP contribution in [-0.2, 0) is 16.4 Å². The van der Waals surface area contributed by atoms with E-state index >= 15 is 0 Å². The Morgan fingerprint density at radius 1 is 1.29 bits per heavy atom. The molecule has 17 heavy (non-hydrogen) atoms. The smallest absolute Gasteiger partial charge is 0.263 e. The molecule has 0 aliphatic rings. The molecule has 2 heterocycles. The molecule has 0 saturated heterocycles. The number of anilines is 1. The minimum absolute atomic E-state index is 0.319. The highest BCUT2D eigenvalue weighted by atomic mass is 32.2. The molecule has 0 unspecified atom stereocenters. The van der Waals surface area contributed by atoms with Crippen LogP contribution in [0.5, 0.6) is 0 Å². The largest absolute Gasteiger partial charge is 0.272 e. The Hall–Kier alpha value is -1.40. The van der Waals surface area contributed by atoms with E-state index in [-0.39, 0.29) is 0 Å². The first-order valence-corrected chi connectivity index (χ1v) is 7.44. The highest BCUT2D eigenvalue weighted by Crippen LogP contribution is 2.23. The van der Waals surface area contributed by atoms with Gasteiger partial charge in [0.2, 0.25) is 0 Å². The molecule has 0 bridgehead atoms. The van der Waals surface area contributed by atoms with Crippen LogP contribution >= 0.6 is 11.3 Å². The summed E-state index contributed by atoms with van der Waals surface area (Å²) in [5.74, 6) is 0.332. The maximum atomic E-state index is 12.0. The van der Waals surface area contributed by atoms with E-state index in [1.165, 1.54) is 11.3 Å². The maximum absolute atomic E-state index is 12.0. The predicted octanol–water partition coefficient (Wildman–Crippen LogP) is 2.51. The van der Waals surface area contributed by atoms with Gasteiger partial charge in [0.05, 0.1) is 0 Å². The van der Waals surface area contributed by atoms with Gasteiger partial charge in [-0.2, -0.15) is 0 Å². The van der Waals surface area contributed by atoms with Crippen LogP contribution in [-0.4, -0.2) is 13.4 Å². The van der Waals surface area contributed by atoms with Gasteiger partial charge in [-0.25, -0.2) is 13.4 Å². The average Bonchev–Trinajstić information content (AvgIpc) is 2.79. The zero-order chi connectivity index (χ0) is 12.3. The van der Waals surface area contributed by atoms with Crippen LogP contribution in [0.25, 0.3) is 0 Å². The number of sulfonamides is 1. The zero-order valence-electron chi connectivity index (χ0n) is 9.25. The Morgan fingerprint density at radius 2 is 2.12 bits per heavy atom. The number of nitrogens with zero attached hydrogens (tertiary/aromatic N) is 1. The molecule has 2 rings (SSSR count). The van der Waals surface area contributed by atoms with Crippen molar-refractivity contribution in [1.29, 1.82) is 0 Å². The highest BCUT2D eigenvalue weighted by molar-refractivity contribution is 7.94. The Balaban J connectivity index is 2.25. The molecule has 0 spiro atoms. The van der Waals surface area contributed by atoms with Crippen LogP contribution in [0.1, 0.15) is 11.8 Å². The lowest BCUT2D eigenvalue weighted by Crippen LogP contribution is -2.12. The minimum atomic E-state index is -3.50. The second-order valence-electron chi connectivity index (χ2n) is 3.39. The van der Waals surface area contributed by atoms with Crippen LogP contribution in [0.3, 0.4) is 0 Å². The van der Waals surface area contributed by atoms with E-state index < -0.39 is 10.0 Å². The first kappa shape index (κ1) is 12.1. The zero-order valence-corrected chi connectivity index (χ0v) is 10.9. The molecular formula is C11H12N2O2S2. The quantitative estimate of drug-likeness (QED) is 0.927. The van der Waals surface area contributed by atoms with Crippen molar-refractivity contribution in [2.24, 2.45) is 0 Å². The molecule has 0 amide bonds. The fraction of sp³-hybridized carbons (Fsp3) is 0.182. The molecule has 0 atom stereocenters. The third-order valence-electron chi connectivity index (χ3n) is 2.15. The standard InChI is InChI=1S/C11H12N2O2S2/c1-2-9-6-7-11(16-9)17(14,15)13-10-5-3-4-8-12-10/h3-8H,2H2,1H3,(H,12,13). The van der Waals surface area contributed by atoms with Crippen LogP contribution < -0.4 is 4.72 Å². The fourth-order valence-electron chi connectivity index (χ4n) is 1.30. The van der Waals surface area contributed by atoms with E-state index in [0.29, 0.717) is 10.0 Å². The minimum Gasteiger partial charge on any atom is -0.263 e. The normalized spacial score (nSPS) is 11.4. The monoisotopic (exact) mass is 268 g/mol. The van der Waals surface area contributed by atoms with Gasteiger partial charge < -0.3 is 0 Å². The van der Waals surface area contributed by atoms with Gasteiger partial charge in [-0.3, -0.25) is 4.72 Å². The molecule has 2 aromatic rings. The number of aryl methyl sites for hydroxylation is 1. The number of hydrogen-bond donors (Lipinski definition) is 1. The molecule has 6 heteroatoms. The van der Waals surface area contributed by atoms with Gasteiger partial charge in [0, 0.05) is 11.1 Å². The van der Waals surface area contributed by atoms with Gasteiger partial charge in [-0.15, -0.1) is 11.3 Å². The molecule has 0 aliphatic heterocycles. The van der Waals surface area contributed by atoms with Gasteiger partial charge in [0.15, 0.2) is 0 Å². The summed E-state index contributed by atoms with van der Waals surface area (Å²) in [6.07, 6.45) is 2.38. The molecule has 0 aliphatic carbocycles. The number of aromatic nitrogens is 1. The molecule has 4 nitrogen and oxygen atoms in total. The highest BCUT2D eigenvalue weighted by Gasteiger charge is 2.16. The first-order chi connectivity index (χ1) is 8.12. The van der Waals surface area contributed by atoms with Crippen LogP contribution in [0, 0.1) is 0 Å². The van der Waals surface area contributed by atoms with Crippen molar-refractivity contribution >= 4 is 27.2 Å². The molecule has 0 fully saturated rings. The summed E-state index contributed by atoms with van der Waals surface area (Å²) in [5, 5.41) is 0. The van der Waals surface area contributed by atoms with Gasteiger partial charge in [0.25, 0.3) is 10.0 Å². The summed E-state index contributed by atoms with van der Waals surface area (Å²) < 4.78 is 26.7.